The van der Waals surface area contributed by atoms with Crippen molar-refractivity contribution in [2.45, 2.75) is 0 Å². The van der Waals surface area contributed by atoms with E-state index in [1.807, 2.05) is 42.5 Å². The van der Waals surface area contributed by atoms with Crippen LogP contribution < -0.4 is 4.74 Å². The lowest BCUT2D eigenvalue weighted by Gasteiger charge is -2.21. The van der Waals surface area contributed by atoms with Crippen LogP contribution in [0.3, 0.4) is 0 Å². The average Bonchev–Trinajstić information content (AvgIpc) is 3.21. The minimum absolute atomic E-state index is 0.624. The summed E-state index contributed by atoms with van der Waals surface area (Å²) in [7, 11) is 0. The van der Waals surface area contributed by atoms with Crippen molar-refractivity contribution in [3.05, 3.63) is 164 Å². The maximum atomic E-state index is 6.71. The van der Waals surface area contributed by atoms with E-state index in [-0.39, 0.29) is 0 Å². The van der Waals surface area contributed by atoms with Crippen LogP contribution in [-0.2, 0) is 0 Å². The van der Waals surface area contributed by atoms with Gasteiger partial charge in [0.15, 0.2) is 17.5 Å². The van der Waals surface area contributed by atoms with E-state index >= 15 is 0 Å². The van der Waals surface area contributed by atoms with Gasteiger partial charge in [0.05, 0.1) is 0 Å². The Hall–Kier alpha value is -6.65. The Morgan fingerprint density at radius 2 is 0.694 bits per heavy atom. The second-order valence-electron chi connectivity index (χ2n) is 12.3. The highest BCUT2D eigenvalue weighted by Gasteiger charge is 2.31. The molecule has 1 aliphatic carbocycles. The first-order valence-corrected chi connectivity index (χ1v) is 16.5. The van der Waals surface area contributed by atoms with Crippen molar-refractivity contribution in [2.75, 3.05) is 0 Å². The van der Waals surface area contributed by atoms with Gasteiger partial charge in [-0.3, -0.25) is 0 Å². The number of hydrogen-bond donors (Lipinski definition) is 0. The SMILES string of the molecule is c1ccc(-c2ccc(-c3nc(-c4ccccc4)nc(-c4cccc5c4-c4cccc6c4-c4ccccc4Oc4cccc-6c4-5)n3)cc2)cc1. The minimum Gasteiger partial charge on any atom is -0.456 e. The molecule has 10 rings (SSSR count). The average molecular weight is 626 g/mol. The zero-order valence-corrected chi connectivity index (χ0v) is 26.3. The van der Waals surface area contributed by atoms with Gasteiger partial charge in [0.25, 0.3) is 0 Å². The lowest BCUT2D eigenvalue weighted by atomic mass is 9.87. The van der Waals surface area contributed by atoms with E-state index in [1.165, 1.54) is 11.1 Å². The van der Waals surface area contributed by atoms with Crippen LogP contribution in [0.4, 0.5) is 0 Å². The number of aromatic nitrogens is 3. The molecule has 4 heteroatoms. The Labute approximate surface area is 284 Å². The van der Waals surface area contributed by atoms with Crippen LogP contribution >= 0.6 is 0 Å². The van der Waals surface area contributed by atoms with Crippen molar-refractivity contribution < 1.29 is 4.74 Å². The van der Waals surface area contributed by atoms with E-state index in [9.17, 15) is 0 Å². The summed E-state index contributed by atoms with van der Waals surface area (Å²) in [4.78, 5) is 15.4. The number of rotatable bonds is 4. The van der Waals surface area contributed by atoms with E-state index in [2.05, 4.69) is 121 Å². The second kappa shape index (κ2) is 11.0. The summed E-state index contributed by atoms with van der Waals surface area (Å²) in [6.45, 7) is 0. The Morgan fingerprint density at radius 3 is 1.43 bits per heavy atom. The number of benzene rings is 7. The zero-order valence-electron chi connectivity index (χ0n) is 26.3. The molecule has 0 atom stereocenters. The molecule has 1 aliphatic heterocycles. The number of fused-ring (bicyclic) bond motifs is 3. The summed E-state index contributed by atoms with van der Waals surface area (Å²) in [6.07, 6.45) is 0. The maximum Gasteiger partial charge on any atom is 0.164 e. The molecule has 0 unspecified atom stereocenters. The number of hydrogen-bond acceptors (Lipinski definition) is 4. The predicted octanol–water partition coefficient (Wildman–Crippen LogP) is 11.6. The molecule has 7 aromatic carbocycles. The molecule has 228 valence electrons. The Bertz CT molecular complexity index is 2560. The van der Waals surface area contributed by atoms with Crippen LogP contribution in [0.1, 0.15) is 0 Å². The summed E-state index contributed by atoms with van der Waals surface area (Å²) < 4.78 is 6.71. The molecule has 4 nitrogen and oxygen atoms in total. The van der Waals surface area contributed by atoms with Crippen LogP contribution in [0.2, 0.25) is 0 Å². The molecule has 2 heterocycles. The quantitative estimate of drug-likeness (QED) is 0.195. The van der Waals surface area contributed by atoms with Gasteiger partial charge in [-0.05, 0) is 45.5 Å². The van der Waals surface area contributed by atoms with Gasteiger partial charge in [-0.1, -0.05) is 152 Å². The van der Waals surface area contributed by atoms with Crippen LogP contribution in [0, 0.1) is 0 Å². The predicted molar refractivity (Wildman–Crippen MR) is 197 cm³/mol. The van der Waals surface area contributed by atoms with Gasteiger partial charge in [0.2, 0.25) is 0 Å². The molecule has 0 saturated heterocycles. The first-order valence-electron chi connectivity index (χ1n) is 16.5. The molecular weight excluding hydrogens is 599 g/mol. The first-order chi connectivity index (χ1) is 24.3. The maximum absolute atomic E-state index is 6.71. The standard InChI is InChI=1S/C45H27N3O/c1-3-12-28(13-4-1)29-24-26-31(27-25-29)44-46-43(30-14-5-2-6-15-30)47-45(48-44)37-21-10-20-36-41(37)35-19-9-17-32-33-18-11-23-39(42(33)36)49-38-22-8-7-16-34(38)40(32)35/h1-27H. The van der Waals surface area contributed by atoms with Crippen molar-refractivity contribution in [3.63, 3.8) is 0 Å². The van der Waals surface area contributed by atoms with E-state index in [0.29, 0.717) is 17.5 Å². The molecule has 0 amide bonds. The molecule has 0 N–H and O–H groups in total. The van der Waals surface area contributed by atoms with Crippen molar-refractivity contribution in [1.82, 2.24) is 15.0 Å². The summed E-state index contributed by atoms with van der Waals surface area (Å²) in [5.74, 6) is 3.56. The highest BCUT2D eigenvalue weighted by Crippen LogP contribution is 2.57. The van der Waals surface area contributed by atoms with Crippen LogP contribution in [-0.4, -0.2) is 15.0 Å². The number of ether oxygens (including phenoxy) is 1. The van der Waals surface area contributed by atoms with Gasteiger partial charge in [-0.2, -0.15) is 0 Å². The molecular formula is C45H27N3O. The monoisotopic (exact) mass is 625 g/mol. The Balaban J connectivity index is 1.24. The van der Waals surface area contributed by atoms with Gasteiger partial charge in [0.1, 0.15) is 11.5 Å². The molecule has 49 heavy (non-hydrogen) atoms. The lowest BCUT2D eigenvalue weighted by molar-refractivity contribution is 0.486. The molecule has 0 spiro atoms. The smallest absolute Gasteiger partial charge is 0.164 e. The zero-order chi connectivity index (χ0) is 32.3. The van der Waals surface area contributed by atoms with Crippen LogP contribution in [0.15, 0.2) is 164 Å². The van der Waals surface area contributed by atoms with E-state index in [4.69, 9.17) is 19.7 Å². The normalized spacial score (nSPS) is 11.8. The molecule has 2 aliphatic rings. The summed E-state index contributed by atoms with van der Waals surface area (Å²) in [5.41, 5.74) is 14.0. The van der Waals surface area contributed by atoms with Gasteiger partial charge in [-0.15, -0.1) is 0 Å². The third kappa shape index (κ3) is 4.42. The van der Waals surface area contributed by atoms with E-state index in [0.717, 1.165) is 72.7 Å². The Morgan fingerprint density at radius 1 is 0.265 bits per heavy atom. The largest absolute Gasteiger partial charge is 0.456 e. The van der Waals surface area contributed by atoms with Gasteiger partial charge in [0, 0.05) is 38.9 Å². The van der Waals surface area contributed by atoms with Crippen LogP contribution in [0.25, 0.3) is 89.8 Å². The number of nitrogens with zero attached hydrogens (tertiary/aromatic N) is 3. The molecule has 1 aromatic heterocycles. The van der Waals surface area contributed by atoms with Gasteiger partial charge < -0.3 is 4.74 Å². The minimum atomic E-state index is 0.624. The fourth-order valence-electron chi connectivity index (χ4n) is 7.30. The molecule has 6 bridgehead atoms. The molecule has 8 aromatic rings. The van der Waals surface area contributed by atoms with Crippen LogP contribution in [0.5, 0.6) is 11.5 Å². The number of para-hydroxylation sites is 1. The second-order valence-corrected chi connectivity index (χ2v) is 12.3. The molecule has 0 saturated carbocycles. The summed E-state index contributed by atoms with van der Waals surface area (Å²) >= 11 is 0. The Kier molecular flexibility index (Phi) is 6.15. The van der Waals surface area contributed by atoms with Crippen molar-refractivity contribution >= 4 is 0 Å². The topological polar surface area (TPSA) is 47.9 Å². The molecule has 0 radical (unpaired) electrons. The lowest BCUT2D eigenvalue weighted by Crippen LogP contribution is -2.01. The van der Waals surface area contributed by atoms with E-state index in [1.54, 1.807) is 0 Å². The molecule has 0 fully saturated rings. The first kappa shape index (κ1) is 27.5. The summed E-state index contributed by atoms with van der Waals surface area (Å²) in [6, 6.07) is 56.7. The van der Waals surface area contributed by atoms with E-state index < -0.39 is 0 Å². The highest BCUT2D eigenvalue weighted by atomic mass is 16.5. The highest BCUT2D eigenvalue weighted by molar-refractivity contribution is 6.11. The fourth-order valence-corrected chi connectivity index (χ4v) is 7.30. The van der Waals surface area contributed by atoms with Crippen molar-refractivity contribution in [1.29, 1.82) is 0 Å². The van der Waals surface area contributed by atoms with Crippen molar-refractivity contribution in [2.24, 2.45) is 0 Å². The third-order valence-corrected chi connectivity index (χ3v) is 9.52. The van der Waals surface area contributed by atoms with Gasteiger partial charge >= 0.3 is 0 Å². The third-order valence-electron chi connectivity index (χ3n) is 9.52. The summed E-state index contributed by atoms with van der Waals surface area (Å²) in [5, 5.41) is 0. The van der Waals surface area contributed by atoms with Gasteiger partial charge in [-0.25, -0.2) is 15.0 Å². The fraction of sp³-hybridized carbons (Fsp3) is 0. The van der Waals surface area contributed by atoms with Crippen molar-refractivity contribution in [3.8, 4) is 101 Å².